The molecule has 2 rings (SSSR count). The van der Waals surface area contributed by atoms with Crippen molar-refractivity contribution in [3.63, 3.8) is 0 Å². The molecule has 5 heteroatoms. The number of hydrogen-bond donors (Lipinski definition) is 2. The van der Waals surface area contributed by atoms with Crippen molar-refractivity contribution in [2.24, 2.45) is 0 Å². The van der Waals surface area contributed by atoms with Crippen molar-refractivity contribution in [1.82, 2.24) is 0 Å². The summed E-state index contributed by atoms with van der Waals surface area (Å²) < 4.78 is 12.7. The van der Waals surface area contributed by atoms with Crippen LogP contribution in [-0.4, -0.2) is 0 Å². The molecule has 19 heavy (non-hydrogen) atoms. The minimum Gasteiger partial charge on any atom is -1.00 e. The van der Waals surface area contributed by atoms with E-state index in [-0.39, 0.29) is 30.6 Å². The molecule has 0 unspecified atom stereocenters. The minimum atomic E-state index is -0.191. The molecule has 0 spiro atoms. The molecule has 0 bridgehead atoms. The lowest BCUT2D eigenvalue weighted by Gasteiger charge is -2.02. The van der Waals surface area contributed by atoms with Gasteiger partial charge in [-0.2, -0.15) is 0 Å². The van der Waals surface area contributed by atoms with Gasteiger partial charge in [0, 0.05) is 11.1 Å². The fraction of sp³-hybridized carbons (Fsp3) is 0.143. The molecule has 0 radical (unpaired) electrons. The molecule has 5 N–H and O–H groups in total. The highest BCUT2D eigenvalue weighted by Gasteiger charge is 2.03. The number of nitrogens with two attached hydrogens (primary N) is 1. The van der Waals surface area contributed by atoms with Crippen LogP contribution in [-0.2, 0) is 6.54 Å². The Morgan fingerprint density at radius 2 is 1.68 bits per heavy atom. The predicted octanol–water partition coefficient (Wildman–Crippen LogP) is -4.59. The maximum absolute atomic E-state index is 12.7. The molecule has 2 aromatic rings. The number of rotatable bonds is 3. The summed E-state index contributed by atoms with van der Waals surface area (Å²) in [5, 5.41) is 2.13. The smallest absolute Gasteiger partial charge is 0.136 e. The van der Waals surface area contributed by atoms with Crippen molar-refractivity contribution < 1.29 is 40.3 Å². The molecule has 0 fully saturated rings. The van der Waals surface area contributed by atoms with Gasteiger partial charge in [0.05, 0.1) is 6.07 Å². The number of aryl methyl sites for hydroxylation is 1. The van der Waals surface area contributed by atoms with Crippen LogP contribution in [0.1, 0.15) is 11.1 Å². The van der Waals surface area contributed by atoms with Gasteiger partial charge in [-0.1, -0.05) is 12.1 Å². The monoisotopic (exact) mass is 302 g/mol. The van der Waals surface area contributed by atoms with Gasteiger partial charge in [0.15, 0.2) is 0 Å². The molecule has 0 aliphatic heterocycles. The fourth-order valence-electron chi connectivity index (χ4n) is 1.67. The molecule has 2 aromatic carbocycles. The largest absolute Gasteiger partial charge is 1.00 e. The molecule has 104 valence electrons. The average Bonchev–Trinajstić information content (AvgIpc) is 2.33. The van der Waals surface area contributed by atoms with E-state index < -0.39 is 0 Å². The highest BCUT2D eigenvalue weighted by molar-refractivity contribution is 5.46. The van der Waals surface area contributed by atoms with Crippen LogP contribution >= 0.6 is 0 Å². The third-order valence-corrected chi connectivity index (χ3v) is 2.86. The molecular formula is C14H17Cl2FN2. The van der Waals surface area contributed by atoms with Crippen LogP contribution in [0.2, 0.25) is 0 Å². The van der Waals surface area contributed by atoms with Crippen LogP contribution in [0.4, 0.5) is 15.8 Å². The molecule has 2 nitrogen and oxygen atoms in total. The molecular weight excluding hydrogens is 286 g/mol. The van der Waals surface area contributed by atoms with Crippen LogP contribution in [0.5, 0.6) is 0 Å². The van der Waals surface area contributed by atoms with Crippen molar-refractivity contribution in [1.29, 1.82) is 0 Å². The first kappa shape index (κ1) is 17.9. The van der Waals surface area contributed by atoms with E-state index in [0.717, 1.165) is 23.5 Å². The maximum atomic E-state index is 12.7. The second-order valence-electron chi connectivity index (χ2n) is 4.22. The molecule has 0 aromatic heterocycles. The summed E-state index contributed by atoms with van der Waals surface area (Å²) in [6.07, 6.45) is 0. The highest BCUT2D eigenvalue weighted by atomic mass is 35.5. The summed E-state index contributed by atoms with van der Waals surface area (Å²) >= 11 is 0. The Balaban J connectivity index is 0.00000162. The van der Waals surface area contributed by atoms with Gasteiger partial charge in [-0.05, 0) is 31.2 Å². The van der Waals surface area contributed by atoms with E-state index in [4.69, 9.17) is 0 Å². The lowest BCUT2D eigenvalue weighted by atomic mass is 10.1. The Hall–Kier alpha value is -1.13. The summed E-state index contributed by atoms with van der Waals surface area (Å²) in [7, 11) is 0. The molecule has 0 aliphatic carbocycles. The first-order valence-electron chi connectivity index (χ1n) is 5.65. The second-order valence-corrected chi connectivity index (χ2v) is 4.22. The van der Waals surface area contributed by atoms with Crippen LogP contribution in [0.3, 0.4) is 0 Å². The molecule has 0 saturated heterocycles. The minimum absolute atomic E-state index is 0. The molecule has 0 aliphatic rings. The van der Waals surface area contributed by atoms with Crippen molar-refractivity contribution in [3.8, 4) is 0 Å². The third kappa shape index (κ3) is 5.17. The first-order chi connectivity index (χ1) is 8.15. The van der Waals surface area contributed by atoms with E-state index in [2.05, 4.69) is 29.2 Å². The Morgan fingerprint density at radius 3 is 2.26 bits per heavy atom. The number of hydrogen-bond acceptors (Lipinski definition) is 0. The van der Waals surface area contributed by atoms with Crippen LogP contribution in [0.25, 0.3) is 0 Å². The lowest BCUT2D eigenvalue weighted by Crippen LogP contribution is -3.00. The van der Waals surface area contributed by atoms with Crippen molar-refractivity contribution in [2.45, 2.75) is 13.5 Å². The number of halogens is 3. The zero-order valence-corrected chi connectivity index (χ0v) is 12.2. The summed E-state index contributed by atoms with van der Waals surface area (Å²) in [6, 6.07) is 12.8. The van der Waals surface area contributed by atoms with E-state index in [1.807, 2.05) is 19.1 Å². The van der Waals surface area contributed by atoms with Gasteiger partial charge in [0.25, 0.3) is 0 Å². The summed E-state index contributed by atoms with van der Waals surface area (Å²) in [6.45, 7) is 2.86. The summed E-state index contributed by atoms with van der Waals surface area (Å²) in [4.78, 5) is 0. The van der Waals surface area contributed by atoms with Crippen molar-refractivity contribution in [3.05, 3.63) is 59.4 Å². The average molecular weight is 303 g/mol. The fourth-order valence-corrected chi connectivity index (χ4v) is 1.67. The second kappa shape index (κ2) is 8.12. The predicted molar refractivity (Wildman–Crippen MR) is 65.4 cm³/mol. The Labute approximate surface area is 125 Å². The van der Waals surface area contributed by atoms with Gasteiger partial charge in [-0.25, -0.2) is 4.39 Å². The van der Waals surface area contributed by atoms with E-state index in [0.29, 0.717) is 0 Å². The SMILES string of the molecule is Cc1ccc([NH2+]Cc2ccc(F)cc2)cc1[NH3+].[Cl-].[Cl-]. The molecule has 0 heterocycles. The van der Waals surface area contributed by atoms with Crippen LogP contribution in [0, 0.1) is 12.7 Å². The van der Waals surface area contributed by atoms with Gasteiger partial charge in [-0.15, -0.1) is 0 Å². The Morgan fingerprint density at radius 1 is 1.05 bits per heavy atom. The Bertz CT molecular complexity index is 515. The van der Waals surface area contributed by atoms with Gasteiger partial charge >= 0.3 is 0 Å². The standard InChI is InChI=1S/C14H15FN2.2ClH/c1-10-2-7-13(8-14(10)16)17-9-11-3-5-12(15)6-4-11;;/h2-8,17H,9,16H2,1H3;2*1H. The van der Waals surface area contributed by atoms with Gasteiger partial charge < -0.3 is 35.9 Å². The van der Waals surface area contributed by atoms with Gasteiger partial charge in [0.2, 0.25) is 0 Å². The normalized spacial score (nSPS) is 9.42. The van der Waals surface area contributed by atoms with Crippen molar-refractivity contribution >= 4 is 11.4 Å². The van der Waals surface area contributed by atoms with E-state index >= 15 is 0 Å². The quantitative estimate of drug-likeness (QED) is 0.536. The zero-order valence-electron chi connectivity index (χ0n) is 10.7. The number of quaternary nitrogens is 2. The topological polar surface area (TPSA) is 44.2 Å². The number of benzene rings is 2. The van der Waals surface area contributed by atoms with Gasteiger partial charge in [-0.3, -0.25) is 0 Å². The van der Waals surface area contributed by atoms with Crippen LogP contribution in [0.15, 0.2) is 42.5 Å². The maximum Gasteiger partial charge on any atom is 0.136 e. The third-order valence-electron chi connectivity index (χ3n) is 2.86. The summed E-state index contributed by atoms with van der Waals surface area (Å²) in [5.41, 5.74) is 8.50. The highest BCUT2D eigenvalue weighted by Crippen LogP contribution is 2.11. The van der Waals surface area contributed by atoms with Crippen molar-refractivity contribution in [2.75, 3.05) is 0 Å². The molecule has 0 saturated carbocycles. The van der Waals surface area contributed by atoms with E-state index in [1.165, 1.54) is 17.7 Å². The zero-order chi connectivity index (χ0) is 12.3. The summed E-state index contributed by atoms with van der Waals surface area (Å²) in [5.74, 6) is -0.191. The molecule has 0 amide bonds. The van der Waals surface area contributed by atoms with E-state index in [9.17, 15) is 4.39 Å². The Kier molecular flexibility index (Phi) is 7.64. The van der Waals surface area contributed by atoms with Gasteiger partial charge in [0.1, 0.15) is 23.7 Å². The first-order valence-corrected chi connectivity index (χ1v) is 5.65. The van der Waals surface area contributed by atoms with Crippen LogP contribution < -0.4 is 35.9 Å². The lowest BCUT2D eigenvalue weighted by molar-refractivity contribution is -0.588. The molecule has 0 atom stereocenters. The van der Waals surface area contributed by atoms with E-state index in [1.54, 1.807) is 0 Å².